The lowest BCUT2D eigenvalue weighted by Gasteiger charge is -2.39. The number of rotatable bonds is 7. The van der Waals surface area contributed by atoms with Gasteiger partial charge in [0.2, 0.25) is 11.8 Å². The number of hydrogen-bond acceptors (Lipinski definition) is 6. The Morgan fingerprint density at radius 3 is 2.57 bits per heavy atom. The van der Waals surface area contributed by atoms with Crippen molar-refractivity contribution in [2.24, 2.45) is 5.92 Å². The van der Waals surface area contributed by atoms with Crippen molar-refractivity contribution in [2.75, 3.05) is 36.4 Å². The van der Waals surface area contributed by atoms with Crippen LogP contribution < -0.4 is 15.0 Å². The van der Waals surface area contributed by atoms with Crippen LogP contribution in [0.5, 0.6) is 5.75 Å². The van der Waals surface area contributed by atoms with E-state index in [0.29, 0.717) is 49.6 Å². The number of carbonyl (C=O) groups is 2. The van der Waals surface area contributed by atoms with Crippen LogP contribution in [0.4, 0.5) is 15.8 Å². The minimum absolute atomic E-state index is 0.0169. The van der Waals surface area contributed by atoms with Gasteiger partial charge in [0.05, 0.1) is 37.0 Å². The first-order chi connectivity index (χ1) is 17.0. The standard InChI is InChI=1S/C26H26FN5O3/c27-24-4-2-1-3-18(24)13-25(33)31-12-10-23(17-31)35-22-7-5-20(6-8-22)30-26(34)19-15-32(16-19)21-9-11-28-29-14-21/h1-9,11,14,19,23H,10,12-13,15-17H2,(H,30,34)/t23-/m1/s1. The summed E-state index contributed by atoms with van der Waals surface area (Å²) in [5, 5.41) is 10.6. The first-order valence-corrected chi connectivity index (χ1v) is 11.7. The molecule has 2 aromatic carbocycles. The third-order valence-corrected chi connectivity index (χ3v) is 6.41. The first kappa shape index (κ1) is 22.8. The monoisotopic (exact) mass is 475 g/mol. The summed E-state index contributed by atoms with van der Waals surface area (Å²) >= 11 is 0. The van der Waals surface area contributed by atoms with Crippen LogP contribution in [0.3, 0.4) is 0 Å². The van der Waals surface area contributed by atoms with Crippen LogP contribution in [0.1, 0.15) is 12.0 Å². The van der Waals surface area contributed by atoms with Gasteiger partial charge in [-0.2, -0.15) is 10.2 Å². The fourth-order valence-corrected chi connectivity index (χ4v) is 4.35. The van der Waals surface area contributed by atoms with Crippen molar-refractivity contribution in [1.82, 2.24) is 15.1 Å². The smallest absolute Gasteiger partial charge is 0.231 e. The minimum Gasteiger partial charge on any atom is -0.489 e. The molecule has 0 radical (unpaired) electrons. The van der Waals surface area contributed by atoms with Crippen molar-refractivity contribution in [3.63, 3.8) is 0 Å². The van der Waals surface area contributed by atoms with E-state index in [0.717, 1.165) is 5.69 Å². The summed E-state index contributed by atoms with van der Waals surface area (Å²) in [5.41, 5.74) is 2.08. The fourth-order valence-electron chi connectivity index (χ4n) is 4.35. The van der Waals surface area contributed by atoms with Crippen LogP contribution >= 0.6 is 0 Å². The Morgan fingerprint density at radius 2 is 1.83 bits per heavy atom. The summed E-state index contributed by atoms with van der Waals surface area (Å²) in [6.07, 6.45) is 3.97. The molecule has 8 nitrogen and oxygen atoms in total. The molecule has 2 aliphatic rings. The van der Waals surface area contributed by atoms with Crippen LogP contribution in [0.2, 0.25) is 0 Å². The van der Waals surface area contributed by atoms with Crippen LogP contribution in [0.15, 0.2) is 67.0 Å². The third-order valence-electron chi connectivity index (χ3n) is 6.41. The summed E-state index contributed by atoms with van der Waals surface area (Å²) < 4.78 is 19.9. The maximum absolute atomic E-state index is 13.8. The summed E-state index contributed by atoms with van der Waals surface area (Å²) in [6, 6.07) is 15.5. The zero-order chi connectivity index (χ0) is 24.2. The second-order valence-electron chi connectivity index (χ2n) is 8.85. The predicted octanol–water partition coefficient (Wildman–Crippen LogP) is 2.91. The van der Waals surface area contributed by atoms with Crippen LogP contribution in [-0.4, -0.2) is 59.2 Å². The highest BCUT2D eigenvalue weighted by atomic mass is 19.1. The van der Waals surface area contributed by atoms with E-state index in [1.54, 1.807) is 35.5 Å². The van der Waals surface area contributed by atoms with E-state index in [2.05, 4.69) is 20.4 Å². The average Bonchev–Trinajstić information content (AvgIpc) is 3.30. The number of nitrogens with zero attached hydrogens (tertiary/aromatic N) is 4. The van der Waals surface area contributed by atoms with Gasteiger partial charge in [0.25, 0.3) is 0 Å². The molecule has 1 aromatic heterocycles. The number of aromatic nitrogens is 2. The fraction of sp³-hybridized carbons (Fsp3) is 0.308. The molecule has 1 atom stereocenters. The molecule has 0 saturated carbocycles. The molecule has 3 aromatic rings. The number of anilines is 2. The van der Waals surface area contributed by atoms with E-state index >= 15 is 0 Å². The number of amides is 2. The van der Waals surface area contributed by atoms with Gasteiger partial charge in [-0.05, 0) is 42.0 Å². The summed E-state index contributed by atoms with van der Waals surface area (Å²) in [6.45, 7) is 2.34. The van der Waals surface area contributed by atoms with Gasteiger partial charge in [-0.15, -0.1) is 0 Å². The van der Waals surface area contributed by atoms with E-state index in [4.69, 9.17) is 4.74 Å². The molecule has 0 unspecified atom stereocenters. The van der Waals surface area contributed by atoms with E-state index in [1.807, 2.05) is 30.3 Å². The van der Waals surface area contributed by atoms with Gasteiger partial charge in [0.15, 0.2) is 0 Å². The summed E-state index contributed by atoms with van der Waals surface area (Å²) in [7, 11) is 0. The molecule has 2 amide bonds. The lowest BCUT2D eigenvalue weighted by Crippen LogP contribution is -2.52. The van der Waals surface area contributed by atoms with Crippen molar-refractivity contribution < 1.29 is 18.7 Å². The predicted molar refractivity (Wildman–Crippen MR) is 129 cm³/mol. The molecule has 2 fully saturated rings. The van der Waals surface area contributed by atoms with Crippen molar-refractivity contribution >= 4 is 23.2 Å². The molecular formula is C26H26FN5O3. The van der Waals surface area contributed by atoms with Crippen LogP contribution in [-0.2, 0) is 16.0 Å². The second-order valence-corrected chi connectivity index (χ2v) is 8.85. The van der Waals surface area contributed by atoms with Crippen LogP contribution in [0, 0.1) is 11.7 Å². The average molecular weight is 476 g/mol. The van der Waals surface area contributed by atoms with Gasteiger partial charge in [0, 0.05) is 31.7 Å². The Bertz CT molecular complexity index is 1190. The summed E-state index contributed by atoms with van der Waals surface area (Å²) in [4.78, 5) is 28.9. The van der Waals surface area contributed by atoms with E-state index in [1.165, 1.54) is 6.07 Å². The molecule has 0 spiro atoms. The number of nitrogens with one attached hydrogen (secondary N) is 1. The molecule has 180 valence electrons. The van der Waals surface area contributed by atoms with Gasteiger partial charge in [-0.25, -0.2) is 4.39 Å². The number of hydrogen-bond donors (Lipinski definition) is 1. The molecule has 2 aliphatic heterocycles. The molecule has 9 heteroatoms. The summed E-state index contributed by atoms with van der Waals surface area (Å²) in [5.74, 6) is 0.119. The zero-order valence-corrected chi connectivity index (χ0v) is 19.1. The van der Waals surface area contributed by atoms with Gasteiger partial charge in [-0.3, -0.25) is 9.59 Å². The largest absolute Gasteiger partial charge is 0.489 e. The molecular weight excluding hydrogens is 449 g/mol. The highest BCUT2D eigenvalue weighted by molar-refractivity contribution is 5.94. The SMILES string of the molecule is O=C(Nc1ccc(O[C@@H]2CCN(C(=O)Cc3ccccc3F)C2)cc1)C1CN(c2ccnnc2)C1. The van der Waals surface area contributed by atoms with Gasteiger partial charge in [-0.1, -0.05) is 18.2 Å². The Morgan fingerprint density at radius 1 is 1.03 bits per heavy atom. The Labute approximate surface area is 202 Å². The number of carbonyl (C=O) groups excluding carboxylic acids is 2. The molecule has 3 heterocycles. The Balaban J connectivity index is 1.07. The number of halogens is 1. The number of ether oxygens (including phenoxy) is 1. The first-order valence-electron chi connectivity index (χ1n) is 11.7. The molecule has 0 aliphatic carbocycles. The van der Waals surface area contributed by atoms with Crippen molar-refractivity contribution in [3.8, 4) is 5.75 Å². The minimum atomic E-state index is -0.360. The van der Waals surface area contributed by atoms with Crippen molar-refractivity contribution in [1.29, 1.82) is 0 Å². The number of benzene rings is 2. The lowest BCUT2D eigenvalue weighted by atomic mass is 9.98. The lowest BCUT2D eigenvalue weighted by molar-refractivity contribution is -0.129. The van der Waals surface area contributed by atoms with E-state index in [-0.39, 0.29) is 36.1 Å². The normalized spacial score (nSPS) is 17.7. The molecule has 1 N–H and O–H groups in total. The van der Waals surface area contributed by atoms with Gasteiger partial charge >= 0.3 is 0 Å². The molecule has 35 heavy (non-hydrogen) atoms. The number of likely N-dealkylation sites (tertiary alicyclic amines) is 1. The van der Waals surface area contributed by atoms with Gasteiger partial charge in [0.1, 0.15) is 17.7 Å². The molecule has 5 rings (SSSR count). The quantitative estimate of drug-likeness (QED) is 0.566. The van der Waals surface area contributed by atoms with Crippen LogP contribution in [0.25, 0.3) is 0 Å². The molecule has 2 saturated heterocycles. The van der Waals surface area contributed by atoms with Crippen molar-refractivity contribution in [3.05, 3.63) is 78.4 Å². The highest BCUT2D eigenvalue weighted by Gasteiger charge is 2.33. The third kappa shape index (κ3) is 5.40. The molecule has 0 bridgehead atoms. The zero-order valence-electron chi connectivity index (χ0n) is 19.1. The van der Waals surface area contributed by atoms with Gasteiger partial charge < -0.3 is 19.9 Å². The highest BCUT2D eigenvalue weighted by Crippen LogP contribution is 2.25. The maximum atomic E-state index is 13.8. The topological polar surface area (TPSA) is 87.7 Å². The maximum Gasteiger partial charge on any atom is 0.231 e. The Hall–Kier alpha value is -4.01. The van der Waals surface area contributed by atoms with E-state index < -0.39 is 0 Å². The Kier molecular flexibility index (Phi) is 6.56. The van der Waals surface area contributed by atoms with E-state index in [9.17, 15) is 14.0 Å². The van der Waals surface area contributed by atoms with Crippen molar-refractivity contribution in [2.45, 2.75) is 18.9 Å². The second kappa shape index (κ2) is 10.1.